The third kappa shape index (κ3) is 4.23. The lowest BCUT2D eigenvalue weighted by molar-refractivity contribution is -0.131. The van der Waals surface area contributed by atoms with E-state index in [4.69, 9.17) is 4.63 Å². The summed E-state index contributed by atoms with van der Waals surface area (Å²) in [5, 5.41) is 11.6. The number of hydrogen-bond donors (Lipinski definition) is 1. The van der Waals surface area contributed by atoms with Gasteiger partial charge < -0.3 is 10.2 Å². The SMILES string of the molecule is CC(=O)N1CCCCC[C@H]1Cc1c(C(=O)NCc2nonc2C)sc2ccccc12. The number of hydrogen-bond acceptors (Lipinski definition) is 6. The molecule has 0 radical (unpaired) electrons. The molecule has 0 aliphatic carbocycles. The number of thiophene rings is 1. The van der Waals surface area contributed by atoms with Gasteiger partial charge in [-0.15, -0.1) is 11.3 Å². The van der Waals surface area contributed by atoms with Gasteiger partial charge >= 0.3 is 0 Å². The molecule has 0 spiro atoms. The molecule has 1 aromatic carbocycles. The van der Waals surface area contributed by atoms with Crippen molar-refractivity contribution in [1.29, 1.82) is 0 Å². The standard InChI is InChI=1S/C22H26N4O3S/c1-14-19(25-29-24-14)13-23-22(28)21-18(17-9-5-6-10-20(17)30-21)12-16-8-4-3-7-11-26(16)15(2)27/h5-6,9-10,16H,3-4,7-8,11-13H2,1-2H3,(H,23,28)/t16-/m0/s1. The summed E-state index contributed by atoms with van der Waals surface area (Å²) in [6.07, 6.45) is 4.95. The Kier molecular flexibility index (Phi) is 6.13. The van der Waals surface area contributed by atoms with Crippen LogP contribution in [0.4, 0.5) is 0 Å². The van der Waals surface area contributed by atoms with Crippen LogP contribution in [0.1, 0.15) is 59.2 Å². The van der Waals surface area contributed by atoms with Crippen molar-refractivity contribution in [2.45, 2.75) is 58.5 Å². The van der Waals surface area contributed by atoms with Gasteiger partial charge in [-0.25, -0.2) is 4.63 Å². The molecule has 8 heteroatoms. The number of likely N-dealkylation sites (tertiary alicyclic amines) is 1. The first kappa shape index (κ1) is 20.5. The van der Waals surface area contributed by atoms with E-state index >= 15 is 0 Å². The van der Waals surface area contributed by atoms with Crippen LogP contribution in [0, 0.1) is 6.92 Å². The second kappa shape index (κ2) is 8.95. The molecular weight excluding hydrogens is 400 g/mol. The second-order valence-electron chi connectivity index (χ2n) is 7.80. The van der Waals surface area contributed by atoms with E-state index in [0.29, 0.717) is 22.7 Å². The monoisotopic (exact) mass is 426 g/mol. The van der Waals surface area contributed by atoms with Crippen molar-refractivity contribution in [1.82, 2.24) is 20.5 Å². The first-order valence-electron chi connectivity index (χ1n) is 10.4. The minimum atomic E-state index is -0.128. The Balaban J connectivity index is 1.63. The van der Waals surface area contributed by atoms with Crippen LogP contribution in [0.5, 0.6) is 0 Å². The molecule has 2 aromatic heterocycles. The summed E-state index contributed by atoms with van der Waals surface area (Å²) in [7, 11) is 0. The first-order chi connectivity index (χ1) is 14.5. The zero-order chi connectivity index (χ0) is 21.1. The van der Waals surface area contributed by atoms with E-state index in [1.807, 2.05) is 23.1 Å². The van der Waals surface area contributed by atoms with E-state index in [9.17, 15) is 9.59 Å². The van der Waals surface area contributed by atoms with Gasteiger partial charge in [0.15, 0.2) is 0 Å². The lowest BCUT2D eigenvalue weighted by Gasteiger charge is -2.29. The van der Waals surface area contributed by atoms with Crippen molar-refractivity contribution in [2.24, 2.45) is 0 Å². The largest absolute Gasteiger partial charge is 0.345 e. The van der Waals surface area contributed by atoms with Crippen LogP contribution in [0.15, 0.2) is 28.9 Å². The summed E-state index contributed by atoms with van der Waals surface area (Å²) in [6.45, 7) is 4.50. The van der Waals surface area contributed by atoms with Crippen molar-refractivity contribution < 1.29 is 14.2 Å². The van der Waals surface area contributed by atoms with E-state index in [1.54, 1.807) is 13.8 Å². The fourth-order valence-electron chi connectivity index (χ4n) is 4.18. The molecule has 2 amide bonds. The molecule has 1 aliphatic rings. The highest BCUT2D eigenvalue weighted by atomic mass is 32.1. The molecule has 30 heavy (non-hydrogen) atoms. The molecule has 1 aliphatic heterocycles. The molecule has 0 saturated carbocycles. The summed E-state index contributed by atoms with van der Waals surface area (Å²) in [5.74, 6) is -0.0157. The van der Waals surface area contributed by atoms with E-state index in [-0.39, 0.29) is 24.4 Å². The third-order valence-corrected chi connectivity index (χ3v) is 7.00. The maximum Gasteiger partial charge on any atom is 0.261 e. The van der Waals surface area contributed by atoms with Gasteiger partial charge in [-0.2, -0.15) is 0 Å². The van der Waals surface area contributed by atoms with Crippen LogP contribution in [-0.4, -0.2) is 39.6 Å². The number of amides is 2. The number of aromatic nitrogens is 2. The van der Waals surface area contributed by atoms with Crippen molar-refractivity contribution in [2.75, 3.05) is 6.54 Å². The molecule has 1 atom stereocenters. The van der Waals surface area contributed by atoms with Crippen LogP contribution in [0.3, 0.4) is 0 Å². The molecule has 3 aromatic rings. The Morgan fingerprint density at radius 1 is 1.23 bits per heavy atom. The lowest BCUT2D eigenvalue weighted by Crippen LogP contribution is -2.40. The van der Waals surface area contributed by atoms with E-state index in [2.05, 4.69) is 21.7 Å². The normalized spacial score (nSPS) is 17.1. The first-order valence-corrected chi connectivity index (χ1v) is 11.2. The molecule has 3 heterocycles. The quantitative estimate of drug-likeness (QED) is 0.669. The van der Waals surface area contributed by atoms with Gasteiger partial charge in [0, 0.05) is 24.2 Å². The number of rotatable bonds is 5. The van der Waals surface area contributed by atoms with Gasteiger partial charge in [0.2, 0.25) is 5.91 Å². The maximum absolute atomic E-state index is 13.1. The minimum absolute atomic E-state index is 0.112. The number of carbonyl (C=O) groups is 2. The van der Waals surface area contributed by atoms with Crippen LogP contribution >= 0.6 is 11.3 Å². The van der Waals surface area contributed by atoms with Crippen molar-refractivity contribution in [3.63, 3.8) is 0 Å². The predicted octanol–water partition coefficient (Wildman–Crippen LogP) is 3.86. The van der Waals surface area contributed by atoms with Gasteiger partial charge in [-0.05, 0) is 43.2 Å². The van der Waals surface area contributed by atoms with E-state index < -0.39 is 0 Å². The summed E-state index contributed by atoms with van der Waals surface area (Å²) < 4.78 is 5.80. The number of fused-ring (bicyclic) bond motifs is 1. The van der Waals surface area contributed by atoms with Crippen LogP contribution < -0.4 is 5.32 Å². The van der Waals surface area contributed by atoms with Crippen LogP contribution in [-0.2, 0) is 17.8 Å². The molecule has 1 saturated heterocycles. The van der Waals surface area contributed by atoms with Crippen molar-refractivity contribution in [3.05, 3.63) is 46.1 Å². The van der Waals surface area contributed by atoms with Crippen LogP contribution in [0.25, 0.3) is 10.1 Å². The highest BCUT2D eigenvalue weighted by Gasteiger charge is 2.27. The maximum atomic E-state index is 13.1. The number of nitrogens with one attached hydrogen (secondary N) is 1. The molecule has 7 nitrogen and oxygen atoms in total. The topological polar surface area (TPSA) is 88.3 Å². The van der Waals surface area contributed by atoms with Crippen LogP contribution in [0.2, 0.25) is 0 Å². The third-order valence-electron chi connectivity index (χ3n) is 5.79. The highest BCUT2D eigenvalue weighted by molar-refractivity contribution is 7.21. The Bertz CT molecular complexity index is 1060. The zero-order valence-electron chi connectivity index (χ0n) is 17.3. The minimum Gasteiger partial charge on any atom is -0.345 e. The Morgan fingerprint density at radius 2 is 2.07 bits per heavy atom. The molecule has 0 unspecified atom stereocenters. The summed E-state index contributed by atoms with van der Waals surface area (Å²) in [4.78, 5) is 28.1. The lowest BCUT2D eigenvalue weighted by atomic mass is 9.98. The molecule has 1 fully saturated rings. The number of benzene rings is 1. The smallest absolute Gasteiger partial charge is 0.261 e. The fourth-order valence-corrected chi connectivity index (χ4v) is 5.33. The average molecular weight is 427 g/mol. The molecule has 4 rings (SSSR count). The van der Waals surface area contributed by atoms with Crippen molar-refractivity contribution in [3.8, 4) is 0 Å². The highest BCUT2D eigenvalue weighted by Crippen LogP contribution is 2.34. The molecule has 0 bridgehead atoms. The van der Waals surface area contributed by atoms with Gasteiger partial charge in [0.25, 0.3) is 5.91 Å². The van der Waals surface area contributed by atoms with E-state index in [0.717, 1.165) is 47.9 Å². The Hall–Kier alpha value is -2.74. The van der Waals surface area contributed by atoms with Gasteiger partial charge in [-0.1, -0.05) is 41.4 Å². The number of carbonyl (C=O) groups excluding carboxylic acids is 2. The van der Waals surface area contributed by atoms with Crippen molar-refractivity contribution >= 4 is 33.2 Å². The molecular formula is C22H26N4O3S. The van der Waals surface area contributed by atoms with Gasteiger partial charge in [0.1, 0.15) is 11.4 Å². The molecule has 158 valence electrons. The van der Waals surface area contributed by atoms with Gasteiger partial charge in [0.05, 0.1) is 11.4 Å². The second-order valence-corrected chi connectivity index (χ2v) is 8.86. The predicted molar refractivity (Wildman–Crippen MR) is 115 cm³/mol. The Labute approximate surface area is 179 Å². The van der Waals surface area contributed by atoms with Gasteiger partial charge in [-0.3, -0.25) is 9.59 Å². The molecule has 1 N–H and O–H groups in total. The summed E-state index contributed by atoms with van der Waals surface area (Å²) >= 11 is 1.50. The number of aryl methyl sites for hydroxylation is 1. The summed E-state index contributed by atoms with van der Waals surface area (Å²) in [5.41, 5.74) is 2.32. The average Bonchev–Trinajstić information content (AvgIpc) is 3.22. The zero-order valence-corrected chi connectivity index (χ0v) is 18.1. The summed E-state index contributed by atoms with van der Waals surface area (Å²) in [6, 6.07) is 8.22. The Morgan fingerprint density at radius 3 is 2.83 bits per heavy atom. The number of nitrogens with zero attached hydrogens (tertiary/aromatic N) is 3. The fraction of sp³-hybridized carbons (Fsp3) is 0.455. The van der Waals surface area contributed by atoms with E-state index in [1.165, 1.54) is 11.3 Å².